The summed E-state index contributed by atoms with van der Waals surface area (Å²) in [6, 6.07) is 3.55. The third-order valence-corrected chi connectivity index (χ3v) is 1.07. The normalized spacial score (nSPS) is 9.55. The second kappa shape index (κ2) is 3.09. The molecule has 0 amide bonds. The van der Waals surface area contributed by atoms with E-state index in [2.05, 4.69) is 9.93 Å². The van der Waals surface area contributed by atoms with Crippen molar-refractivity contribution in [1.29, 1.82) is 0 Å². The van der Waals surface area contributed by atoms with Gasteiger partial charge in [0.05, 0.1) is 0 Å². The Kier molecular flexibility index (Phi) is 2.15. The van der Waals surface area contributed by atoms with E-state index in [1.807, 2.05) is 0 Å². The van der Waals surface area contributed by atoms with Crippen LogP contribution in [0, 0.1) is 0 Å². The summed E-state index contributed by atoms with van der Waals surface area (Å²) in [4.78, 5) is 4.06. The summed E-state index contributed by atoms with van der Waals surface area (Å²) in [6.45, 7) is 0. The molecule has 0 saturated heterocycles. The third-order valence-electron chi connectivity index (χ3n) is 1.07. The lowest BCUT2D eigenvalue weighted by molar-refractivity contribution is -0.439. The van der Waals surface area contributed by atoms with Gasteiger partial charge in [-0.25, -0.2) is 5.26 Å². The Morgan fingerprint density at radius 3 is 2.55 bits per heavy atom. The molecule has 1 aromatic rings. The summed E-state index contributed by atoms with van der Waals surface area (Å²) < 4.78 is 0. The van der Waals surface area contributed by atoms with E-state index in [9.17, 15) is 0 Å². The molecule has 1 aromatic carbocycles. The summed E-state index contributed by atoms with van der Waals surface area (Å²) >= 11 is 0. The van der Waals surface area contributed by atoms with Crippen molar-refractivity contribution in [3.05, 3.63) is 18.2 Å². The minimum absolute atomic E-state index is 0.102. The Bertz CT molecular complexity index is 247. The van der Waals surface area contributed by atoms with Gasteiger partial charge in [0.2, 0.25) is 5.75 Å². The van der Waals surface area contributed by atoms with Crippen molar-refractivity contribution in [2.75, 3.05) is 0 Å². The van der Waals surface area contributed by atoms with E-state index < -0.39 is 0 Å². The first-order valence-electron chi connectivity index (χ1n) is 2.74. The first-order valence-corrected chi connectivity index (χ1v) is 2.74. The Hall–Kier alpha value is -1.46. The molecule has 3 N–H and O–H groups in total. The molecular formula is C6H6O5. The van der Waals surface area contributed by atoms with Crippen LogP contribution in [0.5, 0.6) is 17.2 Å². The lowest BCUT2D eigenvalue weighted by atomic mass is 10.3. The lowest BCUT2D eigenvalue weighted by Gasteiger charge is -2.00. The smallest absolute Gasteiger partial charge is 0.213 e. The minimum atomic E-state index is -0.239. The molecule has 0 aliphatic rings. The van der Waals surface area contributed by atoms with Gasteiger partial charge in [-0.2, -0.15) is 0 Å². The molecule has 5 heteroatoms. The molecule has 0 saturated carbocycles. The number of aromatic hydroxyl groups is 2. The van der Waals surface area contributed by atoms with Crippen LogP contribution in [0.3, 0.4) is 0 Å². The van der Waals surface area contributed by atoms with Crippen molar-refractivity contribution in [2.45, 2.75) is 0 Å². The maximum atomic E-state index is 8.94. The summed E-state index contributed by atoms with van der Waals surface area (Å²) in [6.07, 6.45) is 0. The van der Waals surface area contributed by atoms with Crippen molar-refractivity contribution < 1.29 is 25.4 Å². The zero-order valence-electron chi connectivity index (χ0n) is 5.39. The van der Waals surface area contributed by atoms with Gasteiger partial charge in [-0.1, -0.05) is 0 Å². The topological polar surface area (TPSA) is 79.2 Å². The highest BCUT2D eigenvalue weighted by Gasteiger charge is 2.03. The van der Waals surface area contributed by atoms with Crippen LogP contribution in [0.1, 0.15) is 0 Å². The van der Waals surface area contributed by atoms with Crippen LogP contribution in [-0.4, -0.2) is 15.5 Å². The van der Waals surface area contributed by atoms with Gasteiger partial charge in [-0.15, -0.1) is 0 Å². The molecule has 60 valence electrons. The second-order valence-corrected chi connectivity index (χ2v) is 1.81. The van der Waals surface area contributed by atoms with Crippen LogP contribution in [0.15, 0.2) is 18.2 Å². The van der Waals surface area contributed by atoms with Gasteiger partial charge in [-0.3, -0.25) is 0 Å². The lowest BCUT2D eigenvalue weighted by Crippen LogP contribution is -1.90. The fraction of sp³-hybridized carbons (Fsp3) is 0. The van der Waals surface area contributed by atoms with Gasteiger partial charge in [0.25, 0.3) is 0 Å². The fourth-order valence-corrected chi connectivity index (χ4v) is 0.610. The number of phenolic OH excluding ortho intramolecular Hbond substituents is 2. The summed E-state index contributed by atoms with van der Waals surface area (Å²) in [5.74, 6) is -0.501. The summed E-state index contributed by atoms with van der Waals surface area (Å²) in [5, 5.41) is 28.9. The number of phenols is 2. The molecule has 11 heavy (non-hydrogen) atoms. The van der Waals surface area contributed by atoms with Gasteiger partial charge in [0, 0.05) is 6.07 Å². The number of hydrogen-bond donors (Lipinski definition) is 3. The maximum absolute atomic E-state index is 8.94. The Morgan fingerprint density at radius 1 is 1.18 bits per heavy atom. The second-order valence-electron chi connectivity index (χ2n) is 1.81. The van der Waals surface area contributed by atoms with Crippen molar-refractivity contribution >= 4 is 0 Å². The highest BCUT2D eigenvalue weighted by Crippen LogP contribution is 2.29. The molecule has 0 aliphatic carbocycles. The van der Waals surface area contributed by atoms with Crippen molar-refractivity contribution in [3.63, 3.8) is 0 Å². The predicted octanol–water partition coefficient (Wildman–Crippen LogP) is 0.881. The summed E-state index contributed by atoms with van der Waals surface area (Å²) in [7, 11) is 0. The van der Waals surface area contributed by atoms with Crippen LogP contribution >= 0.6 is 0 Å². The average Bonchev–Trinajstić information content (AvgIpc) is 1.98. The van der Waals surface area contributed by atoms with Crippen LogP contribution in [-0.2, 0) is 5.04 Å². The molecule has 0 aromatic heterocycles. The quantitative estimate of drug-likeness (QED) is 0.338. The SMILES string of the molecule is OOOc1cc(O)ccc1O. The molecule has 0 atom stereocenters. The van der Waals surface area contributed by atoms with E-state index >= 15 is 0 Å². The predicted molar refractivity (Wildman–Crippen MR) is 34.1 cm³/mol. The van der Waals surface area contributed by atoms with Crippen molar-refractivity contribution in [3.8, 4) is 17.2 Å². The van der Waals surface area contributed by atoms with Crippen LogP contribution in [0.25, 0.3) is 0 Å². The fourth-order valence-electron chi connectivity index (χ4n) is 0.610. The molecule has 0 bridgehead atoms. The van der Waals surface area contributed by atoms with Gasteiger partial charge in [-0.05, 0) is 17.2 Å². The van der Waals surface area contributed by atoms with Gasteiger partial charge >= 0.3 is 0 Å². The third kappa shape index (κ3) is 1.73. The Balaban J connectivity index is 2.93. The number of benzene rings is 1. The molecule has 1 rings (SSSR count). The van der Waals surface area contributed by atoms with Crippen LogP contribution in [0.2, 0.25) is 0 Å². The molecule has 0 radical (unpaired) electrons. The maximum Gasteiger partial charge on any atom is 0.213 e. The number of hydrogen-bond acceptors (Lipinski definition) is 5. The van der Waals surface area contributed by atoms with E-state index in [-0.39, 0.29) is 17.2 Å². The number of rotatable bonds is 2. The Labute approximate surface area is 61.9 Å². The van der Waals surface area contributed by atoms with E-state index in [1.54, 1.807) is 0 Å². The van der Waals surface area contributed by atoms with Crippen LogP contribution in [0.4, 0.5) is 0 Å². The highest BCUT2D eigenvalue weighted by molar-refractivity contribution is 5.43. The van der Waals surface area contributed by atoms with Crippen molar-refractivity contribution in [1.82, 2.24) is 0 Å². The van der Waals surface area contributed by atoms with Crippen LogP contribution < -0.4 is 4.89 Å². The molecular weight excluding hydrogens is 152 g/mol. The van der Waals surface area contributed by atoms with Crippen molar-refractivity contribution in [2.24, 2.45) is 0 Å². The standard InChI is InChI=1S/C6H6O5/c7-4-1-2-5(8)6(3-4)10-11-9/h1-3,7-9H. The largest absolute Gasteiger partial charge is 0.508 e. The Morgan fingerprint density at radius 2 is 1.91 bits per heavy atom. The van der Waals surface area contributed by atoms with Gasteiger partial charge < -0.3 is 15.1 Å². The molecule has 5 nitrogen and oxygen atoms in total. The molecule has 0 unspecified atom stereocenters. The van der Waals surface area contributed by atoms with E-state index in [0.29, 0.717) is 0 Å². The molecule has 0 spiro atoms. The first kappa shape index (κ1) is 7.64. The highest BCUT2D eigenvalue weighted by atomic mass is 17.5. The first-order chi connectivity index (χ1) is 5.24. The summed E-state index contributed by atoms with van der Waals surface area (Å²) in [5.41, 5.74) is 0. The zero-order valence-corrected chi connectivity index (χ0v) is 5.39. The van der Waals surface area contributed by atoms with E-state index in [0.717, 1.165) is 6.07 Å². The van der Waals surface area contributed by atoms with E-state index in [4.69, 9.17) is 15.5 Å². The zero-order chi connectivity index (χ0) is 8.27. The monoisotopic (exact) mass is 158 g/mol. The molecule has 0 heterocycles. The van der Waals surface area contributed by atoms with E-state index in [1.165, 1.54) is 12.1 Å². The molecule has 0 aliphatic heterocycles. The minimum Gasteiger partial charge on any atom is -0.508 e. The molecule has 0 fully saturated rings. The van der Waals surface area contributed by atoms with Gasteiger partial charge in [0.15, 0.2) is 5.75 Å². The van der Waals surface area contributed by atoms with Gasteiger partial charge in [0.1, 0.15) is 5.75 Å². The average molecular weight is 158 g/mol.